The van der Waals surface area contributed by atoms with E-state index in [1.807, 2.05) is 0 Å². The molecule has 5 nitrogen and oxygen atoms in total. The van der Waals surface area contributed by atoms with E-state index in [1.54, 1.807) is 6.92 Å². The minimum Gasteiger partial charge on any atom is -0.398 e. The van der Waals surface area contributed by atoms with Gasteiger partial charge >= 0.3 is 0 Å². The Hall–Kier alpha value is -1.50. The molecule has 0 aliphatic rings. The summed E-state index contributed by atoms with van der Waals surface area (Å²) >= 11 is 11.5. The summed E-state index contributed by atoms with van der Waals surface area (Å²) in [6.07, 6.45) is 1.35. The molecule has 0 bridgehead atoms. The summed E-state index contributed by atoms with van der Waals surface area (Å²) in [6.45, 7) is 1.61. The highest BCUT2D eigenvalue weighted by molar-refractivity contribution is 7.92. The third-order valence-corrected chi connectivity index (χ3v) is 4.54. The number of pyridine rings is 1. The number of nitrogens with zero attached hydrogens (tertiary/aromatic N) is 1. The van der Waals surface area contributed by atoms with Gasteiger partial charge in [-0.3, -0.25) is 4.72 Å². The number of nitrogens with two attached hydrogens (primary N) is 1. The predicted molar refractivity (Wildman–Crippen MR) is 80.7 cm³/mol. The van der Waals surface area contributed by atoms with Gasteiger partial charge in [-0.2, -0.15) is 0 Å². The highest BCUT2D eigenvalue weighted by Crippen LogP contribution is 2.27. The zero-order valence-electron chi connectivity index (χ0n) is 10.4. The van der Waals surface area contributed by atoms with Crippen molar-refractivity contribution < 1.29 is 8.42 Å². The summed E-state index contributed by atoms with van der Waals surface area (Å²) in [4.78, 5) is 3.89. The van der Waals surface area contributed by atoms with Gasteiger partial charge in [0.25, 0.3) is 10.0 Å². The molecule has 1 aromatic carbocycles. The number of anilines is 2. The summed E-state index contributed by atoms with van der Waals surface area (Å²) in [6, 6.07) is 5.83. The van der Waals surface area contributed by atoms with Gasteiger partial charge < -0.3 is 5.73 Å². The van der Waals surface area contributed by atoms with Crippen molar-refractivity contribution in [3.63, 3.8) is 0 Å². The fourth-order valence-electron chi connectivity index (χ4n) is 1.58. The topological polar surface area (TPSA) is 85.1 Å². The number of hydrogen-bond donors (Lipinski definition) is 2. The van der Waals surface area contributed by atoms with E-state index >= 15 is 0 Å². The molecular formula is C12H11Cl2N3O2S. The van der Waals surface area contributed by atoms with Crippen LogP contribution < -0.4 is 10.5 Å². The molecule has 0 radical (unpaired) electrons. The molecule has 0 fully saturated rings. The van der Waals surface area contributed by atoms with E-state index in [0.29, 0.717) is 16.3 Å². The maximum Gasteiger partial charge on any atom is 0.263 e. The first-order chi connectivity index (χ1) is 9.29. The van der Waals surface area contributed by atoms with Gasteiger partial charge in [0.2, 0.25) is 0 Å². The van der Waals surface area contributed by atoms with Gasteiger partial charge in [-0.05, 0) is 36.8 Å². The van der Waals surface area contributed by atoms with E-state index in [9.17, 15) is 8.42 Å². The van der Waals surface area contributed by atoms with Gasteiger partial charge in [-0.25, -0.2) is 13.4 Å². The Labute approximate surface area is 126 Å². The number of nitrogen functional groups attached to an aromatic ring is 1. The van der Waals surface area contributed by atoms with E-state index in [0.717, 1.165) is 0 Å². The van der Waals surface area contributed by atoms with Crippen molar-refractivity contribution in [3.8, 4) is 0 Å². The van der Waals surface area contributed by atoms with Crippen LogP contribution in [0.5, 0.6) is 0 Å². The average Bonchev–Trinajstić information content (AvgIpc) is 2.36. The van der Waals surface area contributed by atoms with Gasteiger partial charge in [0.1, 0.15) is 5.82 Å². The lowest BCUT2D eigenvalue weighted by Crippen LogP contribution is -2.15. The number of rotatable bonds is 3. The normalized spacial score (nSPS) is 11.3. The van der Waals surface area contributed by atoms with Crippen molar-refractivity contribution in [3.05, 3.63) is 46.1 Å². The minimum atomic E-state index is -3.82. The van der Waals surface area contributed by atoms with Crippen LogP contribution in [-0.4, -0.2) is 13.4 Å². The third-order valence-electron chi connectivity index (χ3n) is 2.62. The Morgan fingerprint density at radius 2 is 1.90 bits per heavy atom. The lowest BCUT2D eigenvalue weighted by Gasteiger charge is -2.12. The molecule has 20 heavy (non-hydrogen) atoms. The van der Waals surface area contributed by atoms with Crippen molar-refractivity contribution in [1.29, 1.82) is 0 Å². The SMILES string of the molecule is Cc1c(N)cc(Cl)cc1S(=O)(=O)Nc1ccc(Cl)cn1. The molecule has 1 aromatic heterocycles. The van der Waals surface area contributed by atoms with Crippen LogP contribution in [0.3, 0.4) is 0 Å². The van der Waals surface area contributed by atoms with E-state index in [4.69, 9.17) is 28.9 Å². The van der Waals surface area contributed by atoms with Crippen LogP contribution in [0.1, 0.15) is 5.56 Å². The van der Waals surface area contributed by atoms with Crippen LogP contribution in [0.15, 0.2) is 35.4 Å². The Morgan fingerprint density at radius 1 is 1.20 bits per heavy atom. The van der Waals surface area contributed by atoms with E-state index in [1.165, 1.54) is 30.5 Å². The quantitative estimate of drug-likeness (QED) is 0.846. The highest BCUT2D eigenvalue weighted by atomic mass is 35.5. The zero-order chi connectivity index (χ0) is 14.9. The van der Waals surface area contributed by atoms with Crippen molar-refractivity contribution >= 4 is 44.7 Å². The molecule has 0 atom stereocenters. The molecule has 2 aromatic rings. The molecule has 0 aliphatic heterocycles. The number of hydrogen-bond acceptors (Lipinski definition) is 4. The van der Waals surface area contributed by atoms with Crippen LogP contribution in [0, 0.1) is 6.92 Å². The van der Waals surface area contributed by atoms with E-state index < -0.39 is 10.0 Å². The zero-order valence-corrected chi connectivity index (χ0v) is 12.7. The van der Waals surface area contributed by atoms with Crippen molar-refractivity contribution in [1.82, 2.24) is 4.98 Å². The summed E-state index contributed by atoms with van der Waals surface area (Å²) in [5, 5.41) is 0.661. The number of nitrogens with one attached hydrogen (secondary N) is 1. The summed E-state index contributed by atoms with van der Waals surface area (Å²) < 4.78 is 27.0. The highest BCUT2D eigenvalue weighted by Gasteiger charge is 2.19. The van der Waals surface area contributed by atoms with Crippen LogP contribution in [0.25, 0.3) is 0 Å². The van der Waals surface area contributed by atoms with Gasteiger partial charge in [0.05, 0.1) is 9.92 Å². The molecule has 1 heterocycles. The number of benzene rings is 1. The van der Waals surface area contributed by atoms with E-state index in [2.05, 4.69) is 9.71 Å². The van der Waals surface area contributed by atoms with Crippen LogP contribution in [-0.2, 0) is 10.0 Å². The standard InChI is InChI=1S/C12H11Cl2N3O2S/c1-7-10(15)4-9(14)5-11(7)20(18,19)17-12-3-2-8(13)6-16-12/h2-6H,15H2,1H3,(H,16,17). The van der Waals surface area contributed by atoms with Gasteiger partial charge in [0, 0.05) is 16.9 Å². The first-order valence-corrected chi connectivity index (χ1v) is 7.73. The Morgan fingerprint density at radius 3 is 2.50 bits per heavy atom. The molecule has 0 spiro atoms. The largest absolute Gasteiger partial charge is 0.398 e. The summed E-state index contributed by atoms with van der Waals surface area (Å²) in [5.41, 5.74) is 6.46. The molecule has 0 unspecified atom stereocenters. The first kappa shape index (κ1) is 14.9. The molecule has 106 valence electrons. The molecule has 3 N–H and O–H groups in total. The molecule has 8 heteroatoms. The maximum absolute atomic E-state index is 12.3. The molecule has 0 saturated carbocycles. The van der Waals surface area contributed by atoms with Crippen molar-refractivity contribution in [2.24, 2.45) is 0 Å². The summed E-state index contributed by atoms with van der Waals surface area (Å²) in [5.74, 6) is 0.160. The average molecular weight is 332 g/mol. The van der Waals surface area contributed by atoms with Crippen LogP contribution in [0.2, 0.25) is 10.0 Å². The first-order valence-electron chi connectivity index (χ1n) is 5.49. The fraction of sp³-hybridized carbons (Fsp3) is 0.0833. The van der Waals surface area contributed by atoms with Crippen molar-refractivity contribution in [2.45, 2.75) is 11.8 Å². The number of aromatic nitrogens is 1. The third kappa shape index (κ3) is 3.15. The van der Waals surface area contributed by atoms with Crippen LogP contribution >= 0.6 is 23.2 Å². The number of halogens is 2. The second-order valence-electron chi connectivity index (χ2n) is 4.09. The number of sulfonamides is 1. The predicted octanol–water partition coefficient (Wildman–Crippen LogP) is 3.08. The molecular weight excluding hydrogens is 321 g/mol. The van der Waals surface area contributed by atoms with Gasteiger partial charge in [0.15, 0.2) is 0 Å². The monoisotopic (exact) mass is 331 g/mol. The Balaban J connectivity index is 2.43. The molecule has 2 rings (SSSR count). The van der Waals surface area contributed by atoms with Crippen molar-refractivity contribution in [2.75, 3.05) is 10.5 Å². The second-order valence-corrected chi connectivity index (χ2v) is 6.61. The fourth-order valence-corrected chi connectivity index (χ4v) is 3.29. The second kappa shape index (κ2) is 5.47. The molecule has 0 aliphatic carbocycles. The van der Waals surface area contributed by atoms with Crippen LogP contribution in [0.4, 0.5) is 11.5 Å². The minimum absolute atomic E-state index is 0.0132. The van der Waals surface area contributed by atoms with E-state index in [-0.39, 0.29) is 15.7 Å². The lowest BCUT2D eigenvalue weighted by molar-refractivity contribution is 0.600. The summed E-state index contributed by atoms with van der Waals surface area (Å²) in [7, 11) is -3.82. The smallest absolute Gasteiger partial charge is 0.263 e. The maximum atomic E-state index is 12.3. The van der Waals surface area contributed by atoms with Gasteiger partial charge in [-0.15, -0.1) is 0 Å². The lowest BCUT2D eigenvalue weighted by atomic mass is 10.2. The Kier molecular flexibility index (Phi) is 4.08. The Bertz CT molecular complexity index is 746. The molecule has 0 amide bonds. The molecule has 0 saturated heterocycles. The van der Waals surface area contributed by atoms with Gasteiger partial charge in [-0.1, -0.05) is 23.2 Å².